The maximum atomic E-state index is 12.2. The Kier molecular flexibility index (Phi) is 4.87. The number of hydrogen-bond acceptors (Lipinski definition) is 3. The number of rotatable bonds is 4. The van der Waals surface area contributed by atoms with Crippen molar-refractivity contribution in [1.82, 2.24) is 9.88 Å². The van der Waals surface area contributed by atoms with Gasteiger partial charge in [-0.1, -0.05) is 36.4 Å². The molecule has 4 heteroatoms. The highest BCUT2D eigenvalue weighted by Crippen LogP contribution is 2.20. The molecule has 0 N–H and O–H groups in total. The van der Waals surface area contributed by atoms with Gasteiger partial charge in [-0.25, -0.2) is 4.79 Å². The zero-order valence-electron chi connectivity index (χ0n) is 13.4. The second-order valence-electron chi connectivity index (χ2n) is 5.47. The summed E-state index contributed by atoms with van der Waals surface area (Å²) in [4.78, 5) is 17.8. The van der Waals surface area contributed by atoms with Crippen LogP contribution in [0.5, 0.6) is 5.75 Å². The van der Waals surface area contributed by atoms with Crippen molar-refractivity contribution < 1.29 is 9.53 Å². The van der Waals surface area contributed by atoms with Crippen molar-refractivity contribution in [3.05, 3.63) is 84.7 Å². The fourth-order valence-electron chi connectivity index (χ4n) is 2.40. The van der Waals surface area contributed by atoms with E-state index in [-0.39, 0.29) is 6.09 Å². The molecule has 0 atom stereocenters. The van der Waals surface area contributed by atoms with Gasteiger partial charge in [0.1, 0.15) is 5.75 Å². The van der Waals surface area contributed by atoms with Crippen LogP contribution in [0.3, 0.4) is 0 Å². The molecule has 0 fully saturated rings. The summed E-state index contributed by atoms with van der Waals surface area (Å²) in [7, 11) is 1.73. The number of nitrogens with zero attached hydrogens (tertiary/aromatic N) is 2. The Balaban J connectivity index is 1.68. The molecule has 1 amide bonds. The van der Waals surface area contributed by atoms with E-state index in [1.165, 1.54) is 0 Å². The highest BCUT2D eigenvalue weighted by atomic mass is 16.6. The van der Waals surface area contributed by atoms with Gasteiger partial charge >= 0.3 is 6.09 Å². The fraction of sp³-hybridized carbons (Fsp3) is 0.100. The lowest BCUT2D eigenvalue weighted by Crippen LogP contribution is -2.29. The fourth-order valence-corrected chi connectivity index (χ4v) is 2.40. The first-order chi connectivity index (χ1) is 11.7. The van der Waals surface area contributed by atoms with Crippen molar-refractivity contribution in [1.29, 1.82) is 0 Å². The molecule has 1 aromatic heterocycles. The Morgan fingerprint density at radius 1 is 0.958 bits per heavy atom. The minimum Gasteiger partial charge on any atom is -0.410 e. The molecule has 0 saturated carbocycles. The molecule has 0 aliphatic heterocycles. The average molecular weight is 318 g/mol. The monoisotopic (exact) mass is 318 g/mol. The number of aromatic nitrogens is 1. The van der Waals surface area contributed by atoms with E-state index in [0.717, 1.165) is 16.7 Å². The van der Waals surface area contributed by atoms with Crippen LogP contribution in [-0.2, 0) is 6.54 Å². The molecule has 0 saturated heterocycles. The zero-order chi connectivity index (χ0) is 16.8. The van der Waals surface area contributed by atoms with Gasteiger partial charge in [0, 0.05) is 26.0 Å². The number of para-hydroxylation sites is 1. The van der Waals surface area contributed by atoms with E-state index in [0.29, 0.717) is 12.3 Å². The number of ether oxygens (including phenoxy) is 1. The van der Waals surface area contributed by atoms with Crippen LogP contribution in [0.1, 0.15) is 5.56 Å². The SMILES string of the molecule is CN(Cc1cccc(-c2ccncc2)c1)C(=O)Oc1ccccc1. The van der Waals surface area contributed by atoms with Crippen LogP contribution >= 0.6 is 0 Å². The second kappa shape index (κ2) is 7.42. The van der Waals surface area contributed by atoms with E-state index in [1.54, 1.807) is 36.5 Å². The molecular formula is C20H18N2O2. The average Bonchev–Trinajstić information content (AvgIpc) is 2.63. The number of amides is 1. The largest absolute Gasteiger partial charge is 0.415 e. The molecule has 4 nitrogen and oxygen atoms in total. The van der Waals surface area contributed by atoms with E-state index >= 15 is 0 Å². The molecule has 0 bridgehead atoms. The molecule has 120 valence electrons. The molecule has 0 unspecified atom stereocenters. The van der Waals surface area contributed by atoms with Crippen molar-refractivity contribution in [3.8, 4) is 16.9 Å². The van der Waals surface area contributed by atoms with Gasteiger partial charge in [-0.3, -0.25) is 4.98 Å². The molecule has 0 aliphatic rings. The predicted molar refractivity (Wildman–Crippen MR) is 93.6 cm³/mol. The predicted octanol–water partition coefficient (Wildman–Crippen LogP) is 4.38. The minimum atomic E-state index is -0.379. The van der Waals surface area contributed by atoms with Crippen LogP contribution in [0.4, 0.5) is 4.79 Å². The van der Waals surface area contributed by atoms with Gasteiger partial charge in [0.2, 0.25) is 0 Å². The number of benzene rings is 2. The smallest absolute Gasteiger partial charge is 0.410 e. The molecule has 1 heterocycles. The zero-order valence-corrected chi connectivity index (χ0v) is 13.4. The number of carbonyl (C=O) groups excluding carboxylic acids is 1. The van der Waals surface area contributed by atoms with E-state index in [1.807, 2.05) is 48.5 Å². The summed E-state index contributed by atoms with van der Waals surface area (Å²) in [6, 6.07) is 21.1. The maximum Gasteiger partial charge on any atom is 0.415 e. The summed E-state index contributed by atoms with van der Waals surface area (Å²) in [5.74, 6) is 0.542. The minimum absolute atomic E-state index is 0.379. The van der Waals surface area contributed by atoms with Crippen molar-refractivity contribution in [2.75, 3.05) is 7.05 Å². The lowest BCUT2D eigenvalue weighted by Gasteiger charge is -2.17. The van der Waals surface area contributed by atoms with Crippen LogP contribution in [0, 0.1) is 0 Å². The summed E-state index contributed by atoms with van der Waals surface area (Å²) in [6.45, 7) is 0.477. The lowest BCUT2D eigenvalue weighted by atomic mass is 10.0. The summed E-state index contributed by atoms with van der Waals surface area (Å²) < 4.78 is 5.34. The molecule has 3 rings (SSSR count). The first kappa shape index (κ1) is 15.7. The highest BCUT2D eigenvalue weighted by molar-refractivity contribution is 5.70. The molecule has 3 aromatic rings. The molecule has 0 spiro atoms. The highest BCUT2D eigenvalue weighted by Gasteiger charge is 2.12. The molecule has 0 radical (unpaired) electrons. The van der Waals surface area contributed by atoms with Crippen molar-refractivity contribution in [2.24, 2.45) is 0 Å². The molecule has 24 heavy (non-hydrogen) atoms. The van der Waals surface area contributed by atoms with Crippen LogP contribution in [0.25, 0.3) is 11.1 Å². The Hall–Kier alpha value is -3.14. The third-order valence-electron chi connectivity index (χ3n) is 3.62. The van der Waals surface area contributed by atoms with Crippen molar-refractivity contribution in [2.45, 2.75) is 6.54 Å². The number of carbonyl (C=O) groups is 1. The van der Waals surface area contributed by atoms with E-state index in [2.05, 4.69) is 11.1 Å². The van der Waals surface area contributed by atoms with Gasteiger partial charge in [-0.15, -0.1) is 0 Å². The Morgan fingerprint density at radius 2 is 1.71 bits per heavy atom. The van der Waals surface area contributed by atoms with Gasteiger partial charge in [0.15, 0.2) is 0 Å². The topological polar surface area (TPSA) is 42.4 Å². The lowest BCUT2D eigenvalue weighted by molar-refractivity contribution is 0.161. The third-order valence-corrected chi connectivity index (χ3v) is 3.62. The van der Waals surface area contributed by atoms with Crippen LogP contribution in [0.2, 0.25) is 0 Å². The first-order valence-corrected chi connectivity index (χ1v) is 7.70. The van der Waals surface area contributed by atoms with E-state index in [4.69, 9.17) is 4.74 Å². The second-order valence-corrected chi connectivity index (χ2v) is 5.47. The van der Waals surface area contributed by atoms with Crippen LogP contribution < -0.4 is 4.74 Å². The van der Waals surface area contributed by atoms with Crippen LogP contribution in [0.15, 0.2) is 79.1 Å². The summed E-state index contributed by atoms with van der Waals surface area (Å²) in [5, 5.41) is 0. The molecule has 2 aromatic carbocycles. The summed E-state index contributed by atoms with van der Waals surface area (Å²) in [6.07, 6.45) is 3.16. The van der Waals surface area contributed by atoms with Crippen molar-refractivity contribution in [3.63, 3.8) is 0 Å². The van der Waals surface area contributed by atoms with Gasteiger partial charge in [0.05, 0.1) is 0 Å². The molecular weight excluding hydrogens is 300 g/mol. The normalized spacial score (nSPS) is 10.2. The van der Waals surface area contributed by atoms with Crippen LogP contribution in [-0.4, -0.2) is 23.0 Å². The standard InChI is InChI=1S/C20H18N2O2/c1-22(20(23)24-19-8-3-2-4-9-19)15-16-6-5-7-18(14-16)17-10-12-21-13-11-17/h2-14H,15H2,1H3. The molecule has 0 aliphatic carbocycles. The van der Waals surface area contributed by atoms with Gasteiger partial charge < -0.3 is 9.64 Å². The van der Waals surface area contributed by atoms with Gasteiger partial charge in [-0.2, -0.15) is 0 Å². The first-order valence-electron chi connectivity index (χ1n) is 7.70. The number of pyridine rings is 1. The van der Waals surface area contributed by atoms with Crippen molar-refractivity contribution >= 4 is 6.09 Å². The Morgan fingerprint density at radius 3 is 2.46 bits per heavy atom. The maximum absolute atomic E-state index is 12.2. The van der Waals surface area contributed by atoms with Gasteiger partial charge in [-0.05, 0) is 47.0 Å². The van der Waals surface area contributed by atoms with E-state index < -0.39 is 0 Å². The number of hydrogen-bond donors (Lipinski definition) is 0. The summed E-state index contributed by atoms with van der Waals surface area (Å²) in [5.41, 5.74) is 3.23. The summed E-state index contributed by atoms with van der Waals surface area (Å²) >= 11 is 0. The Labute approximate surface area is 141 Å². The van der Waals surface area contributed by atoms with E-state index in [9.17, 15) is 4.79 Å². The quantitative estimate of drug-likeness (QED) is 0.717. The Bertz CT molecular complexity index is 804. The van der Waals surface area contributed by atoms with Gasteiger partial charge in [0.25, 0.3) is 0 Å². The third kappa shape index (κ3) is 3.98.